The van der Waals surface area contributed by atoms with Gasteiger partial charge in [0.2, 0.25) is 0 Å². The van der Waals surface area contributed by atoms with Crippen LogP contribution in [0.3, 0.4) is 0 Å². The van der Waals surface area contributed by atoms with E-state index < -0.39 is 17.9 Å². The lowest BCUT2D eigenvalue weighted by molar-refractivity contribution is -0.138. The summed E-state index contributed by atoms with van der Waals surface area (Å²) in [6.45, 7) is 1.42. The largest absolute Gasteiger partial charge is 0.480 e. The van der Waals surface area contributed by atoms with Gasteiger partial charge in [-0.3, -0.25) is 9.59 Å². The van der Waals surface area contributed by atoms with Gasteiger partial charge < -0.3 is 10.4 Å². The minimum atomic E-state index is -1.07. The third-order valence-electron chi connectivity index (χ3n) is 2.84. The summed E-state index contributed by atoms with van der Waals surface area (Å²) in [5.74, 6) is -1.48. The summed E-state index contributed by atoms with van der Waals surface area (Å²) in [6.07, 6.45) is 5.98. The number of unbranched alkanes of at least 4 members (excludes halogenated alkanes) is 2. The number of carbonyl (C=O) groups excluding carboxylic acids is 1. The van der Waals surface area contributed by atoms with Crippen LogP contribution in [0.25, 0.3) is 6.08 Å². The van der Waals surface area contributed by atoms with Crippen molar-refractivity contribution in [3.8, 4) is 6.07 Å². The van der Waals surface area contributed by atoms with Crippen LogP contribution in [0.5, 0.6) is 0 Å². The van der Waals surface area contributed by atoms with Crippen LogP contribution in [0.1, 0.15) is 42.1 Å². The number of nitriles is 1. The molecular formula is C16H18N2O3. The van der Waals surface area contributed by atoms with Crippen molar-refractivity contribution in [3.63, 3.8) is 0 Å². The van der Waals surface area contributed by atoms with Gasteiger partial charge in [0, 0.05) is 12.0 Å². The zero-order valence-electron chi connectivity index (χ0n) is 11.9. The first-order chi connectivity index (χ1) is 10.0. The van der Waals surface area contributed by atoms with E-state index in [0.717, 1.165) is 18.4 Å². The van der Waals surface area contributed by atoms with Gasteiger partial charge in [-0.25, -0.2) is 0 Å². The molecule has 0 aliphatic carbocycles. The van der Waals surface area contributed by atoms with Crippen LogP contribution in [-0.4, -0.2) is 23.0 Å². The van der Waals surface area contributed by atoms with Gasteiger partial charge in [-0.2, -0.15) is 5.26 Å². The maximum Gasteiger partial charge on any atom is 0.325 e. The molecule has 2 N–H and O–H groups in total. The molecule has 1 aromatic carbocycles. The molecule has 0 heterocycles. The summed E-state index contributed by atoms with van der Waals surface area (Å²) in [5.41, 5.74) is 1.28. The fourth-order valence-corrected chi connectivity index (χ4v) is 1.64. The molecule has 5 heteroatoms. The van der Waals surface area contributed by atoms with Crippen molar-refractivity contribution >= 4 is 18.0 Å². The highest BCUT2D eigenvalue weighted by atomic mass is 16.4. The van der Waals surface area contributed by atoms with E-state index in [1.54, 1.807) is 18.2 Å². The van der Waals surface area contributed by atoms with Gasteiger partial charge >= 0.3 is 5.97 Å². The maximum atomic E-state index is 11.9. The van der Waals surface area contributed by atoms with Gasteiger partial charge in [0.15, 0.2) is 0 Å². The minimum Gasteiger partial charge on any atom is -0.480 e. The maximum absolute atomic E-state index is 11.9. The van der Waals surface area contributed by atoms with Crippen LogP contribution in [0, 0.1) is 11.3 Å². The lowest BCUT2D eigenvalue weighted by atomic mass is 10.1. The quantitative estimate of drug-likeness (QED) is 0.754. The SMILES string of the molecule is C[C@@H](NC(=O)c1cccc(C=CCCCC#N)c1)C(=O)O. The highest BCUT2D eigenvalue weighted by molar-refractivity contribution is 5.96. The number of carboxylic acid groups (broad SMARTS) is 1. The topological polar surface area (TPSA) is 90.2 Å². The standard InChI is InChI=1S/C16H18N2O3/c1-12(16(20)21)18-15(19)14-9-6-8-13(11-14)7-4-2-3-5-10-17/h4,6-9,11-12H,2-3,5H2,1H3,(H,18,19)(H,20,21)/t12-/m1/s1. The first-order valence-corrected chi connectivity index (χ1v) is 6.72. The number of benzene rings is 1. The van der Waals surface area contributed by atoms with E-state index in [1.807, 2.05) is 18.2 Å². The van der Waals surface area contributed by atoms with E-state index in [4.69, 9.17) is 10.4 Å². The second kappa shape index (κ2) is 8.54. The number of rotatable bonds is 7. The second-order valence-corrected chi connectivity index (χ2v) is 4.61. The smallest absolute Gasteiger partial charge is 0.325 e. The molecule has 0 aromatic heterocycles. The van der Waals surface area contributed by atoms with Gasteiger partial charge in [-0.1, -0.05) is 24.3 Å². The molecule has 0 saturated carbocycles. The van der Waals surface area contributed by atoms with E-state index >= 15 is 0 Å². The molecule has 110 valence electrons. The minimum absolute atomic E-state index is 0.412. The van der Waals surface area contributed by atoms with Crippen LogP contribution >= 0.6 is 0 Å². The molecule has 0 saturated heterocycles. The summed E-state index contributed by atoms with van der Waals surface area (Å²) in [4.78, 5) is 22.6. The predicted molar refractivity (Wildman–Crippen MR) is 79.5 cm³/mol. The number of hydrogen-bond donors (Lipinski definition) is 2. The highest BCUT2D eigenvalue weighted by Gasteiger charge is 2.14. The Bertz CT molecular complexity index is 573. The Morgan fingerprint density at radius 1 is 1.48 bits per heavy atom. The monoisotopic (exact) mass is 286 g/mol. The van der Waals surface area contributed by atoms with Crippen molar-refractivity contribution < 1.29 is 14.7 Å². The van der Waals surface area contributed by atoms with E-state index in [1.165, 1.54) is 6.92 Å². The van der Waals surface area contributed by atoms with Crippen LogP contribution < -0.4 is 5.32 Å². The number of nitrogens with zero attached hydrogens (tertiary/aromatic N) is 1. The lowest BCUT2D eigenvalue weighted by Crippen LogP contribution is -2.38. The molecule has 0 spiro atoms. The molecule has 1 rings (SSSR count). The fraction of sp³-hybridized carbons (Fsp3) is 0.312. The molecular weight excluding hydrogens is 268 g/mol. The van der Waals surface area contributed by atoms with Gasteiger partial charge in [-0.15, -0.1) is 0 Å². The normalized spacial score (nSPS) is 11.8. The van der Waals surface area contributed by atoms with Crippen molar-refractivity contribution in [1.29, 1.82) is 5.26 Å². The molecule has 21 heavy (non-hydrogen) atoms. The molecule has 0 aliphatic rings. The molecule has 1 aromatic rings. The van der Waals surface area contributed by atoms with E-state index in [-0.39, 0.29) is 0 Å². The lowest BCUT2D eigenvalue weighted by Gasteiger charge is -2.09. The van der Waals surface area contributed by atoms with Crippen LogP contribution in [-0.2, 0) is 4.79 Å². The molecule has 1 atom stereocenters. The first-order valence-electron chi connectivity index (χ1n) is 6.72. The molecule has 0 bridgehead atoms. The van der Waals surface area contributed by atoms with Gasteiger partial charge in [0.25, 0.3) is 5.91 Å². The Hall–Kier alpha value is -2.61. The molecule has 0 unspecified atom stereocenters. The fourth-order valence-electron chi connectivity index (χ4n) is 1.64. The van der Waals surface area contributed by atoms with Crippen molar-refractivity contribution in [2.24, 2.45) is 0 Å². The van der Waals surface area contributed by atoms with Crippen molar-refractivity contribution in [2.75, 3.05) is 0 Å². The van der Waals surface area contributed by atoms with Gasteiger partial charge in [0.05, 0.1) is 6.07 Å². The molecule has 0 fully saturated rings. The zero-order valence-corrected chi connectivity index (χ0v) is 11.9. The summed E-state index contributed by atoms with van der Waals surface area (Å²) in [6, 6.07) is 8.09. The van der Waals surface area contributed by atoms with Crippen LogP contribution in [0.4, 0.5) is 0 Å². The Kier molecular flexibility index (Phi) is 6.69. The number of aliphatic carboxylic acids is 1. The highest BCUT2D eigenvalue weighted by Crippen LogP contribution is 2.09. The van der Waals surface area contributed by atoms with E-state index in [0.29, 0.717) is 12.0 Å². The number of carbonyl (C=O) groups is 2. The number of hydrogen-bond acceptors (Lipinski definition) is 3. The summed E-state index contributed by atoms with van der Waals surface area (Å²) in [7, 11) is 0. The molecule has 5 nitrogen and oxygen atoms in total. The van der Waals surface area contributed by atoms with Crippen LogP contribution in [0.2, 0.25) is 0 Å². The average molecular weight is 286 g/mol. The number of nitrogens with one attached hydrogen (secondary N) is 1. The molecule has 0 aliphatic heterocycles. The first kappa shape index (κ1) is 16.4. The molecule has 1 amide bonds. The Balaban J connectivity index is 2.65. The molecule has 0 radical (unpaired) electrons. The number of allylic oxidation sites excluding steroid dienone is 1. The van der Waals surface area contributed by atoms with Gasteiger partial charge in [0.1, 0.15) is 6.04 Å². The number of carboxylic acids is 1. The summed E-state index contributed by atoms with van der Waals surface area (Å²) in [5, 5.41) is 19.6. The number of amides is 1. The van der Waals surface area contributed by atoms with E-state index in [9.17, 15) is 9.59 Å². The van der Waals surface area contributed by atoms with Crippen molar-refractivity contribution in [3.05, 3.63) is 41.5 Å². The average Bonchev–Trinajstić information content (AvgIpc) is 2.47. The predicted octanol–water partition coefficient (Wildman–Crippen LogP) is 2.60. The third-order valence-corrected chi connectivity index (χ3v) is 2.84. The van der Waals surface area contributed by atoms with E-state index in [2.05, 4.69) is 11.4 Å². The second-order valence-electron chi connectivity index (χ2n) is 4.61. The Morgan fingerprint density at radius 2 is 2.24 bits per heavy atom. The third kappa shape index (κ3) is 5.91. The van der Waals surface area contributed by atoms with Crippen molar-refractivity contribution in [2.45, 2.75) is 32.2 Å². The van der Waals surface area contributed by atoms with Gasteiger partial charge in [-0.05, 0) is 37.5 Å². The summed E-state index contributed by atoms with van der Waals surface area (Å²) < 4.78 is 0. The Morgan fingerprint density at radius 3 is 2.90 bits per heavy atom. The van der Waals surface area contributed by atoms with Crippen LogP contribution in [0.15, 0.2) is 30.3 Å². The zero-order chi connectivity index (χ0) is 15.7. The summed E-state index contributed by atoms with van der Waals surface area (Å²) >= 11 is 0. The Labute approximate surface area is 123 Å². The van der Waals surface area contributed by atoms with Crippen molar-refractivity contribution in [1.82, 2.24) is 5.32 Å².